The largest absolute Gasteiger partial charge is 0.504 e. The van der Waals surface area contributed by atoms with Crippen LogP contribution in [0.25, 0.3) is 0 Å². The number of rotatable bonds is 5. The van der Waals surface area contributed by atoms with Gasteiger partial charge in [0.1, 0.15) is 5.37 Å². The summed E-state index contributed by atoms with van der Waals surface area (Å²) in [6.45, 7) is 0.642. The molecule has 1 atom stereocenters. The van der Waals surface area contributed by atoms with Gasteiger partial charge >= 0.3 is 0 Å². The first-order valence-corrected chi connectivity index (χ1v) is 8.14. The number of aromatic nitrogens is 1. The van der Waals surface area contributed by atoms with Gasteiger partial charge in [-0.2, -0.15) is 0 Å². The number of nitrogens with one attached hydrogen (secondary N) is 1. The molecule has 1 aliphatic rings. The molecule has 0 bridgehead atoms. The lowest BCUT2D eigenvalue weighted by Gasteiger charge is -2.23. The second-order valence-corrected chi connectivity index (χ2v) is 6.20. The minimum atomic E-state index is 0.0570. The average Bonchev–Trinajstić information content (AvgIpc) is 3.16. The van der Waals surface area contributed by atoms with Crippen molar-refractivity contribution in [2.45, 2.75) is 11.8 Å². The Labute approximate surface area is 133 Å². The highest BCUT2D eigenvalue weighted by Gasteiger charge is 2.32. The van der Waals surface area contributed by atoms with Gasteiger partial charge in [-0.1, -0.05) is 6.07 Å². The SMILES string of the molecule is COc1cc(CCN2C(=O)CSC2c2ccc[nH]2)ccc1O. The number of benzene rings is 1. The van der Waals surface area contributed by atoms with Crippen LogP contribution in [0.1, 0.15) is 16.6 Å². The fourth-order valence-corrected chi connectivity index (χ4v) is 3.77. The highest BCUT2D eigenvalue weighted by Crippen LogP contribution is 2.37. The van der Waals surface area contributed by atoms with E-state index < -0.39 is 0 Å². The van der Waals surface area contributed by atoms with Crippen LogP contribution in [0.5, 0.6) is 11.5 Å². The van der Waals surface area contributed by atoms with Gasteiger partial charge in [0.05, 0.1) is 12.9 Å². The Balaban J connectivity index is 1.70. The third kappa shape index (κ3) is 2.92. The van der Waals surface area contributed by atoms with Gasteiger partial charge < -0.3 is 19.7 Å². The Morgan fingerprint density at radius 3 is 3.05 bits per heavy atom. The summed E-state index contributed by atoms with van der Waals surface area (Å²) in [6.07, 6.45) is 2.60. The molecule has 5 nitrogen and oxygen atoms in total. The molecule has 1 aliphatic heterocycles. The first kappa shape index (κ1) is 14.8. The Kier molecular flexibility index (Phi) is 4.29. The van der Waals surface area contributed by atoms with Crippen molar-refractivity contribution in [3.63, 3.8) is 0 Å². The van der Waals surface area contributed by atoms with E-state index in [9.17, 15) is 9.90 Å². The number of hydrogen-bond acceptors (Lipinski definition) is 4. The number of carbonyl (C=O) groups is 1. The van der Waals surface area contributed by atoms with Gasteiger partial charge in [-0.05, 0) is 36.2 Å². The van der Waals surface area contributed by atoms with E-state index in [1.807, 2.05) is 35.4 Å². The van der Waals surface area contributed by atoms with Crippen molar-refractivity contribution in [1.29, 1.82) is 0 Å². The number of methoxy groups -OCH3 is 1. The summed E-state index contributed by atoms with van der Waals surface area (Å²) < 4.78 is 5.12. The van der Waals surface area contributed by atoms with Crippen LogP contribution >= 0.6 is 11.8 Å². The summed E-state index contributed by atoms with van der Waals surface area (Å²) in [5, 5.41) is 9.68. The molecule has 0 aliphatic carbocycles. The van der Waals surface area contributed by atoms with Crippen LogP contribution in [0.4, 0.5) is 0 Å². The standard InChI is InChI=1S/C16H18N2O3S/c1-21-14-9-11(4-5-13(14)19)6-8-18-15(20)10-22-16(18)12-3-2-7-17-12/h2-5,7,9,16-17,19H,6,8,10H2,1H3. The first-order chi connectivity index (χ1) is 10.7. The third-order valence-corrected chi connectivity index (χ3v) is 4.98. The number of hydrogen-bond donors (Lipinski definition) is 2. The normalized spacial score (nSPS) is 18.0. The van der Waals surface area contributed by atoms with Crippen molar-refractivity contribution in [1.82, 2.24) is 9.88 Å². The maximum absolute atomic E-state index is 12.1. The number of aromatic amines is 1. The van der Waals surface area contributed by atoms with Crippen molar-refractivity contribution >= 4 is 17.7 Å². The van der Waals surface area contributed by atoms with E-state index in [-0.39, 0.29) is 17.0 Å². The summed E-state index contributed by atoms with van der Waals surface area (Å²) in [6, 6.07) is 9.24. The summed E-state index contributed by atoms with van der Waals surface area (Å²) in [4.78, 5) is 17.2. The lowest BCUT2D eigenvalue weighted by molar-refractivity contribution is -0.128. The summed E-state index contributed by atoms with van der Waals surface area (Å²) in [7, 11) is 1.53. The average molecular weight is 318 g/mol. The quantitative estimate of drug-likeness (QED) is 0.889. The highest BCUT2D eigenvalue weighted by atomic mass is 32.2. The smallest absolute Gasteiger partial charge is 0.233 e. The zero-order valence-electron chi connectivity index (χ0n) is 12.3. The molecule has 2 aromatic rings. The van der Waals surface area contributed by atoms with Crippen LogP contribution in [-0.2, 0) is 11.2 Å². The molecule has 1 unspecified atom stereocenters. The minimum absolute atomic E-state index is 0.0570. The number of ether oxygens (including phenoxy) is 1. The molecule has 2 N–H and O–H groups in total. The van der Waals surface area contributed by atoms with E-state index in [1.54, 1.807) is 17.8 Å². The van der Waals surface area contributed by atoms with Crippen LogP contribution in [0.2, 0.25) is 0 Å². The van der Waals surface area contributed by atoms with Gasteiger partial charge in [-0.3, -0.25) is 4.79 Å². The Hall–Kier alpha value is -2.08. The van der Waals surface area contributed by atoms with E-state index in [1.165, 1.54) is 7.11 Å². The molecule has 6 heteroatoms. The van der Waals surface area contributed by atoms with Crippen LogP contribution in [-0.4, -0.2) is 40.3 Å². The third-order valence-electron chi connectivity index (χ3n) is 3.74. The van der Waals surface area contributed by atoms with Gasteiger partial charge in [0.25, 0.3) is 0 Å². The zero-order chi connectivity index (χ0) is 15.5. The van der Waals surface area contributed by atoms with Crippen LogP contribution in [0.15, 0.2) is 36.5 Å². The monoisotopic (exact) mass is 318 g/mol. The molecular weight excluding hydrogens is 300 g/mol. The number of nitrogens with zero attached hydrogens (tertiary/aromatic N) is 1. The molecule has 22 heavy (non-hydrogen) atoms. The number of phenols is 1. The molecule has 0 saturated carbocycles. The van der Waals surface area contributed by atoms with Crippen LogP contribution in [0, 0.1) is 0 Å². The van der Waals surface area contributed by atoms with Gasteiger partial charge in [-0.15, -0.1) is 11.8 Å². The van der Waals surface area contributed by atoms with Crippen molar-refractivity contribution in [3.8, 4) is 11.5 Å². The molecule has 1 amide bonds. The molecule has 0 radical (unpaired) electrons. The Bertz CT molecular complexity index is 657. The summed E-state index contributed by atoms with van der Waals surface area (Å²) >= 11 is 1.64. The predicted molar refractivity (Wildman–Crippen MR) is 86.1 cm³/mol. The molecule has 2 heterocycles. The number of H-pyrrole nitrogens is 1. The first-order valence-electron chi connectivity index (χ1n) is 7.09. The van der Waals surface area contributed by atoms with Gasteiger partial charge in [-0.25, -0.2) is 0 Å². The molecule has 0 spiro atoms. The van der Waals surface area contributed by atoms with Crippen molar-refractivity contribution in [3.05, 3.63) is 47.8 Å². The van der Waals surface area contributed by atoms with E-state index >= 15 is 0 Å². The minimum Gasteiger partial charge on any atom is -0.504 e. The van der Waals surface area contributed by atoms with Crippen LogP contribution in [0.3, 0.4) is 0 Å². The second-order valence-electron chi connectivity index (χ2n) is 5.13. The van der Waals surface area contributed by atoms with E-state index in [2.05, 4.69) is 4.98 Å². The number of aromatic hydroxyl groups is 1. The number of carbonyl (C=O) groups excluding carboxylic acids is 1. The second kappa shape index (κ2) is 6.36. The Morgan fingerprint density at radius 1 is 1.45 bits per heavy atom. The molecule has 1 aromatic heterocycles. The fraction of sp³-hybridized carbons (Fsp3) is 0.312. The maximum Gasteiger partial charge on any atom is 0.233 e. The van der Waals surface area contributed by atoms with Crippen molar-refractivity contribution in [2.24, 2.45) is 0 Å². The fourth-order valence-electron chi connectivity index (χ4n) is 2.58. The van der Waals surface area contributed by atoms with E-state index in [0.717, 1.165) is 17.7 Å². The van der Waals surface area contributed by atoms with E-state index in [4.69, 9.17) is 4.74 Å². The Morgan fingerprint density at radius 2 is 2.32 bits per heavy atom. The van der Waals surface area contributed by atoms with E-state index in [0.29, 0.717) is 18.0 Å². The molecule has 116 valence electrons. The summed E-state index contributed by atoms with van der Waals surface area (Å²) in [5.74, 6) is 1.27. The lowest BCUT2D eigenvalue weighted by Crippen LogP contribution is -2.30. The topological polar surface area (TPSA) is 65.6 Å². The van der Waals surface area contributed by atoms with Gasteiger partial charge in [0.2, 0.25) is 5.91 Å². The molecule has 3 rings (SSSR count). The molecular formula is C16H18N2O3S. The maximum atomic E-state index is 12.1. The van der Waals surface area contributed by atoms with Gasteiger partial charge in [0, 0.05) is 18.4 Å². The van der Waals surface area contributed by atoms with Crippen molar-refractivity contribution in [2.75, 3.05) is 19.4 Å². The summed E-state index contributed by atoms with van der Waals surface area (Å²) in [5.41, 5.74) is 2.09. The molecule has 1 saturated heterocycles. The zero-order valence-corrected chi connectivity index (χ0v) is 13.1. The number of thioether (sulfide) groups is 1. The van der Waals surface area contributed by atoms with Crippen molar-refractivity contribution < 1.29 is 14.6 Å². The molecule has 1 fully saturated rings. The van der Waals surface area contributed by atoms with Crippen LogP contribution < -0.4 is 4.74 Å². The number of amides is 1. The lowest BCUT2D eigenvalue weighted by atomic mass is 10.1. The highest BCUT2D eigenvalue weighted by molar-refractivity contribution is 8.00. The molecule has 1 aromatic carbocycles. The number of phenolic OH excluding ortho intramolecular Hbond substituents is 1. The predicted octanol–water partition coefficient (Wildman–Crippen LogP) is 2.55. The van der Waals surface area contributed by atoms with Gasteiger partial charge in [0.15, 0.2) is 11.5 Å².